The van der Waals surface area contributed by atoms with Gasteiger partial charge in [-0.1, -0.05) is 17.7 Å². The molecule has 0 aromatic heterocycles. The van der Waals surface area contributed by atoms with E-state index >= 15 is 0 Å². The third-order valence-electron chi connectivity index (χ3n) is 3.14. The average molecular weight is 244 g/mol. The molecule has 2 atom stereocenters. The van der Waals surface area contributed by atoms with Gasteiger partial charge in [-0.15, -0.1) is 0 Å². The molecule has 5 heteroatoms. The van der Waals surface area contributed by atoms with Crippen LogP contribution in [0.2, 0.25) is 0 Å². The van der Waals surface area contributed by atoms with Gasteiger partial charge < -0.3 is 10.0 Å². The molecule has 2 rings (SSSR count). The predicted molar refractivity (Wildman–Crippen MR) is 62.8 cm³/mol. The lowest BCUT2D eigenvalue weighted by Crippen LogP contribution is -2.41. The molecule has 0 spiro atoms. The van der Waals surface area contributed by atoms with E-state index < -0.39 is 24.0 Å². The van der Waals surface area contributed by atoms with Gasteiger partial charge in [-0.25, -0.2) is 4.79 Å². The van der Waals surface area contributed by atoms with Crippen LogP contribution in [0.5, 0.6) is 0 Å². The summed E-state index contributed by atoms with van der Waals surface area (Å²) in [6, 6.07) is 5.35. The van der Waals surface area contributed by atoms with Gasteiger partial charge >= 0.3 is 5.97 Å². The van der Waals surface area contributed by atoms with Gasteiger partial charge in [0.05, 0.1) is 6.07 Å². The molecule has 1 aliphatic rings. The average Bonchev–Trinajstić information content (AvgIpc) is 2.60. The summed E-state index contributed by atoms with van der Waals surface area (Å²) >= 11 is 0. The molecule has 1 heterocycles. The second-order valence-electron chi connectivity index (χ2n) is 4.35. The van der Waals surface area contributed by atoms with E-state index in [1.165, 1.54) is 6.92 Å². The van der Waals surface area contributed by atoms with Crippen LogP contribution in [0.15, 0.2) is 18.2 Å². The van der Waals surface area contributed by atoms with Gasteiger partial charge in [-0.05, 0) is 19.9 Å². The van der Waals surface area contributed by atoms with E-state index in [1.807, 2.05) is 13.0 Å². The Morgan fingerprint density at radius 1 is 1.56 bits per heavy atom. The van der Waals surface area contributed by atoms with Gasteiger partial charge in [-0.2, -0.15) is 5.26 Å². The van der Waals surface area contributed by atoms with Crippen LogP contribution in [0.1, 0.15) is 34.5 Å². The number of carboxylic acids is 1. The van der Waals surface area contributed by atoms with E-state index in [0.717, 1.165) is 10.5 Å². The van der Waals surface area contributed by atoms with Crippen molar-refractivity contribution in [1.29, 1.82) is 5.26 Å². The quantitative estimate of drug-likeness (QED) is 0.854. The second kappa shape index (κ2) is 4.15. The Morgan fingerprint density at radius 3 is 2.78 bits per heavy atom. The number of nitrogens with zero attached hydrogens (tertiary/aromatic N) is 2. The Balaban J connectivity index is 2.53. The molecule has 2 unspecified atom stereocenters. The topological polar surface area (TPSA) is 81.4 Å². The van der Waals surface area contributed by atoms with Gasteiger partial charge in [0.25, 0.3) is 5.91 Å². The highest BCUT2D eigenvalue weighted by Crippen LogP contribution is 2.35. The number of fused-ring (bicyclic) bond motifs is 1. The highest BCUT2D eigenvalue weighted by molar-refractivity contribution is 6.01. The molecule has 1 amide bonds. The first kappa shape index (κ1) is 12.1. The lowest BCUT2D eigenvalue weighted by atomic mass is 10.0. The van der Waals surface area contributed by atoms with E-state index in [1.54, 1.807) is 18.2 Å². The van der Waals surface area contributed by atoms with Gasteiger partial charge in [0.2, 0.25) is 0 Å². The first-order valence-electron chi connectivity index (χ1n) is 5.53. The Morgan fingerprint density at radius 2 is 2.22 bits per heavy atom. The molecule has 0 fully saturated rings. The highest BCUT2D eigenvalue weighted by Gasteiger charge is 2.41. The van der Waals surface area contributed by atoms with Crippen LogP contribution in [0.4, 0.5) is 0 Å². The molecule has 0 saturated heterocycles. The number of aryl methyl sites for hydroxylation is 1. The summed E-state index contributed by atoms with van der Waals surface area (Å²) in [5.41, 5.74) is 1.95. The van der Waals surface area contributed by atoms with Gasteiger partial charge in [-0.3, -0.25) is 4.79 Å². The van der Waals surface area contributed by atoms with Crippen molar-refractivity contribution in [2.45, 2.75) is 25.9 Å². The third-order valence-corrected chi connectivity index (χ3v) is 3.14. The molecule has 92 valence electrons. The largest absolute Gasteiger partial charge is 0.480 e. The molecular formula is C13H12N2O3. The van der Waals surface area contributed by atoms with E-state index in [-0.39, 0.29) is 0 Å². The number of benzene rings is 1. The summed E-state index contributed by atoms with van der Waals surface area (Å²) in [6.45, 7) is 3.27. The molecule has 1 aliphatic heterocycles. The van der Waals surface area contributed by atoms with Crippen molar-refractivity contribution < 1.29 is 14.7 Å². The van der Waals surface area contributed by atoms with Crippen LogP contribution in [0.25, 0.3) is 0 Å². The Kier molecular flexibility index (Phi) is 2.79. The van der Waals surface area contributed by atoms with Crippen molar-refractivity contribution in [2.24, 2.45) is 0 Å². The molecular weight excluding hydrogens is 232 g/mol. The third kappa shape index (κ3) is 1.63. The molecule has 1 N–H and O–H groups in total. The zero-order chi connectivity index (χ0) is 13.4. The molecule has 0 aliphatic carbocycles. The number of aliphatic carboxylic acids is 1. The van der Waals surface area contributed by atoms with E-state index in [2.05, 4.69) is 0 Å². The van der Waals surface area contributed by atoms with E-state index in [0.29, 0.717) is 11.1 Å². The number of carbonyl (C=O) groups is 2. The van der Waals surface area contributed by atoms with Crippen LogP contribution < -0.4 is 0 Å². The lowest BCUT2D eigenvalue weighted by molar-refractivity contribution is -0.142. The zero-order valence-electron chi connectivity index (χ0n) is 10.0. The fourth-order valence-electron chi connectivity index (χ4n) is 2.16. The Bertz CT molecular complexity index is 574. The van der Waals surface area contributed by atoms with Crippen LogP contribution in [-0.2, 0) is 4.79 Å². The molecule has 1 aromatic rings. The van der Waals surface area contributed by atoms with Crippen molar-refractivity contribution >= 4 is 11.9 Å². The highest BCUT2D eigenvalue weighted by atomic mass is 16.4. The SMILES string of the molecule is Cc1ccc2c(c1)C(C#N)N(C(C)C(=O)O)C2=O. The van der Waals surface area contributed by atoms with E-state index in [4.69, 9.17) is 5.11 Å². The first-order chi connectivity index (χ1) is 8.47. The molecule has 18 heavy (non-hydrogen) atoms. The van der Waals surface area contributed by atoms with E-state index in [9.17, 15) is 14.9 Å². The zero-order valence-corrected chi connectivity index (χ0v) is 10.0. The first-order valence-corrected chi connectivity index (χ1v) is 5.53. The summed E-state index contributed by atoms with van der Waals surface area (Å²) in [7, 11) is 0. The number of carbonyl (C=O) groups excluding carboxylic acids is 1. The summed E-state index contributed by atoms with van der Waals surface area (Å²) in [6.07, 6.45) is 0. The molecule has 0 saturated carbocycles. The number of amides is 1. The summed E-state index contributed by atoms with van der Waals surface area (Å²) < 4.78 is 0. The molecule has 0 radical (unpaired) electrons. The van der Waals surface area contributed by atoms with Gasteiger partial charge in [0.15, 0.2) is 0 Å². The second-order valence-corrected chi connectivity index (χ2v) is 4.35. The maximum atomic E-state index is 12.1. The minimum absolute atomic E-state index is 0.397. The summed E-state index contributed by atoms with van der Waals surface area (Å²) in [4.78, 5) is 24.3. The monoisotopic (exact) mass is 244 g/mol. The smallest absolute Gasteiger partial charge is 0.326 e. The number of rotatable bonds is 2. The predicted octanol–water partition coefficient (Wildman–Crippen LogP) is 1.49. The van der Waals surface area contributed by atoms with Crippen molar-refractivity contribution in [3.63, 3.8) is 0 Å². The van der Waals surface area contributed by atoms with Crippen molar-refractivity contribution in [3.05, 3.63) is 34.9 Å². The number of hydrogen-bond donors (Lipinski definition) is 1. The maximum Gasteiger partial charge on any atom is 0.326 e. The molecule has 0 bridgehead atoms. The van der Waals surface area contributed by atoms with Gasteiger partial charge in [0, 0.05) is 11.1 Å². The number of hydrogen-bond acceptors (Lipinski definition) is 3. The Hall–Kier alpha value is -2.35. The van der Waals surface area contributed by atoms with Gasteiger partial charge in [0.1, 0.15) is 12.1 Å². The number of carboxylic acid groups (broad SMARTS) is 1. The summed E-state index contributed by atoms with van der Waals surface area (Å²) in [5.74, 6) is -1.51. The standard InChI is InChI=1S/C13H12N2O3/c1-7-3-4-9-10(5-7)11(6-14)15(12(9)16)8(2)13(17)18/h3-5,8,11H,1-2H3,(H,17,18). The minimum Gasteiger partial charge on any atom is -0.480 e. The fraction of sp³-hybridized carbons (Fsp3) is 0.308. The maximum absolute atomic E-state index is 12.1. The van der Waals surface area contributed by atoms with Crippen molar-refractivity contribution in [3.8, 4) is 6.07 Å². The lowest BCUT2D eigenvalue weighted by Gasteiger charge is -2.24. The van der Waals surface area contributed by atoms with Crippen LogP contribution in [-0.4, -0.2) is 27.9 Å². The van der Waals surface area contributed by atoms with Crippen molar-refractivity contribution in [1.82, 2.24) is 4.90 Å². The summed E-state index contributed by atoms with van der Waals surface area (Å²) in [5, 5.41) is 18.2. The molecule has 5 nitrogen and oxygen atoms in total. The normalized spacial score (nSPS) is 19.3. The minimum atomic E-state index is -1.12. The van der Waals surface area contributed by atoms with Crippen LogP contribution in [0.3, 0.4) is 0 Å². The Labute approximate surface area is 104 Å². The molecule has 1 aromatic carbocycles. The number of nitriles is 1. The fourth-order valence-corrected chi connectivity index (χ4v) is 2.16. The van der Waals surface area contributed by atoms with Crippen molar-refractivity contribution in [2.75, 3.05) is 0 Å². The van der Waals surface area contributed by atoms with Crippen LogP contribution >= 0.6 is 0 Å². The van der Waals surface area contributed by atoms with Crippen LogP contribution in [0, 0.1) is 18.3 Å².